The zero-order valence-electron chi connectivity index (χ0n) is 26.5. The number of nitrogens with zero attached hydrogens (tertiary/aromatic N) is 3. The fourth-order valence-corrected chi connectivity index (χ4v) is 7.56. The summed E-state index contributed by atoms with van der Waals surface area (Å²) in [7, 11) is 0. The molecule has 0 amide bonds. The van der Waals surface area contributed by atoms with Crippen molar-refractivity contribution in [3.05, 3.63) is 176 Å². The van der Waals surface area contributed by atoms with Gasteiger partial charge >= 0.3 is 0 Å². The van der Waals surface area contributed by atoms with E-state index in [0.717, 1.165) is 77.6 Å². The summed E-state index contributed by atoms with van der Waals surface area (Å²) in [5.74, 6) is 0.723. The van der Waals surface area contributed by atoms with Gasteiger partial charge in [0.1, 0.15) is 4.83 Å². The van der Waals surface area contributed by atoms with E-state index >= 15 is 0 Å². The van der Waals surface area contributed by atoms with Crippen molar-refractivity contribution < 1.29 is 0 Å². The molecule has 0 saturated heterocycles. The standard InChI is InChI=1S/C45H29N3S/c1-4-14-30(15-5-1)37-28-39(31-16-6-2-7-17-31)46-40(29-37)35-22-12-20-33(26-35)34-21-13-23-36(27-34)44-47-43(32-18-8-3-9-19-32)42-38-24-10-11-25-41(38)49-45(42)48-44/h1-29H. The number of aromatic nitrogens is 3. The minimum absolute atomic E-state index is 0.723. The fraction of sp³-hybridized carbons (Fsp3) is 0. The lowest BCUT2D eigenvalue weighted by Gasteiger charge is -2.12. The first-order valence-electron chi connectivity index (χ1n) is 16.4. The Bertz CT molecular complexity index is 2540. The highest BCUT2D eigenvalue weighted by Crippen LogP contribution is 2.40. The van der Waals surface area contributed by atoms with Crippen molar-refractivity contribution in [1.82, 2.24) is 15.0 Å². The van der Waals surface area contributed by atoms with Crippen LogP contribution < -0.4 is 0 Å². The summed E-state index contributed by atoms with van der Waals surface area (Å²) >= 11 is 1.72. The summed E-state index contributed by atoms with van der Waals surface area (Å²) in [5.41, 5.74) is 11.6. The second-order valence-electron chi connectivity index (χ2n) is 12.1. The van der Waals surface area contributed by atoms with Crippen LogP contribution in [0.1, 0.15) is 0 Å². The maximum Gasteiger partial charge on any atom is 0.161 e. The van der Waals surface area contributed by atoms with Gasteiger partial charge in [-0.1, -0.05) is 146 Å². The molecule has 0 aliphatic carbocycles. The number of pyridine rings is 1. The summed E-state index contributed by atoms with van der Waals surface area (Å²) < 4.78 is 1.21. The molecule has 0 spiro atoms. The highest BCUT2D eigenvalue weighted by molar-refractivity contribution is 7.25. The molecule has 0 saturated carbocycles. The molecule has 3 aromatic heterocycles. The van der Waals surface area contributed by atoms with E-state index in [2.05, 4.69) is 164 Å². The molecule has 49 heavy (non-hydrogen) atoms. The number of rotatable bonds is 6. The first-order valence-corrected chi connectivity index (χ1v) is 17.2. The minimum atomic E-state index is 0.723. The molecule has 3 nitrogen and oxygen atoms in total. The molecular weight excluding hydrogens is 615 g/mol. The van der Waals surface area contributed by atoms with Crippen molar-refractivity contribution in [2.24, 2.45) is 0 Å². The Balaban J connectivity index is 1.15. The molecule has 0 N–H and O–H groups in total. The zero-order chi connectivity index (χ0) is 32.6. The third kappa shape index (κ3) is 5.58. The monoisotopic (exact) mass is 643 g/mol. The summed E-state index contributed by atoms with van der Waals surface area (Å²) in [6.07, 6.45) is 0. The van der Waals surface area contributed by atoms with Crippen LogP contribution in [0.5, 0.6) is 0 Å². The van der Waals surface area contributed by atoms with Gasteiger partial charge in [-0.25, -0.2) is 15.0 Å². The van der Waals surface area contributed by atoms with Crippen molar-refractivity contribution >= 4 is 31.6 Å². The van der Waals surface area contributed by atoms with Crippen molar-refractivity contribution in [3.8, 4) is 67.4 Å². The molecule has 0 bridgehead atoms. The number of hydrogen-bond donors (Lipinski definition) is 0. The normalized spacial score (nSPS) is 11.3. The van der Waals surface area contributed by atoms with Gasteiger partial charge in [0.15, 0.2) is 5.82 Å². The number of fused-ring (bicyclic) bond motifs is 3. The molecule has 0 aliphatic heterocycles. The van der Waals surface area contributed by atoms with E-state index in [1.807, 2.05) is 12.1 Å². The van der Waals surface area contributed by atoms with Gasteiger partial charge in [-0.15, -0.1) is 11.3 Å². The van der Waals surface area contributed by atoms with Gasteiger partial charge in [-0.3, -0.25) is 0 Å². The van der Waals surface area contributed by atoms with Crippen molar-refractivity contribution in [2.45, 2.75) is 0 Å². The smallest absolute Gasteiger partial charge is 0.161 e. The average Bonchev–Trinajstić information content (AvgIpc) is 3.57. The van der Waals surface area contributed by atoms with Crippen LogP contribution in [0.4, 0.5) is 0 Å². The topological polar surface area (TPSA) is 38.7 Å². The van der Waals surface area contributed by atoms with E-state index in [1.54, 1.807) is 11.3 Å². The maximum absolute atomic E-state index is 5.23. The van der Waals surface area contributed by atoms with Gasteiger partial charge in [0, 0.05) is 37.7 Å². The van der Waals surface area contributed by atoms with E-state index in [1.165, 1.54) is 10.1 Å². The molecule has 9 aromatic rings. The Hall–Kier alpha value is -6.23. The Labute approximate surface area is 288 Å². The van der Waals surface area contributed by atoms with Crippen LogP contribution >= 0.6 is 11.3 Å². The molecule has 4 heteroatoms. The Morgan fingerprint density at radius 2 is 0.878 bits per heavy atom. The molecular formula is C45H29N3S. The van der Waals surface area contributed by atoms with Gasteiger partial charge in [0.25, 0.3) is 0 Å². The number of hydrogen-bond acceptors (Lipinski definition) is 4. The van der Waals surface area contributed by atoms with E-state index in [-0.39, 0.29) is 0 Å². The second-order valence-corrected chi connectivity index (χ2v) is 13.1. The predicted molar refractivity (Wildman–Crippen MR) is 205 cm³/mol. The van der Waals surface area contributed by atoms with Crippen LogP contribution in [0.2, 0.25) is 0 Å². The first kappa shape index (κ1) is 29.0. The SMILES string of the molecule is c1ccc(-c2cc(-c3ccccc3)nc(-c3cccc(-c4cccc(-c5nc(-c6ccccc6)c6c(n5)sc5ccccc56)c4)c3)c2)cc1. The molecule has 3 heterocycles. The molecule has 0 atom stereocenters. The van der Waals surface area contributed by atoms with E-state index in [4.69, 9.17) is 15.0 Å². The molecule has 9 rings (SSSR count). The molecule has 0 aliphatic rings. The maximum atomic E-state index is 5.23. The first-order chi connectivity index (χ1) is 24.3. The van der Waals surface area contributed by atoms with Crippen LogP contribution in [0.15, 0.2) is 176 Å². The summed E-state index contributed by atoms with van der Waals surface area (Å²) in [5, 5.41) is 2.30. The van der Waals surface area contributed by atoms with Gasteiger partial charge in [-0.2, -0.15) is 0 Å². The predicted octanol–water partition coefficient (Wildman–Crippen LogP) is 12.2. The molecule has 0 radical (unpaired) electrons. The van der Waals surface area contributed by atoms with E-state index in [9.17, 15) is 0 Å². The summed E-state index contributed by atoms with van der Waals surface area (Å²) in [6.45, 7) is 0. The lowest BCUT2D eigenvalue weighted by atomic mass is 9.97. The third-order valence-electron chi connectivity index (χ3n) is 8.90. The number of thiophene rings is 1. The third-order valence-corrected chi connectivity index (χ3v) is 9.97. The Kier molecular flexibility index (Phi) is 7.34. The van der Waals surface area contributed by atoms with Gasteiger partial charge in [-0.05, 0) is 52.6 Å². The van der Waals surface area contributed by atoms with Crippen LogP contribution in [0, 0.1) is 0 Å². The van der Waals surface area contributed by atoms with Crippen molar-refractivity contribution in [1.29, 1.82) is 0 Å². The Morgan fingerprint density at radius 3 is 1.59 bits per heavy atom. The number of benzene rings is 6. The lowest BCUT2D eigenvalue weighted by molar-refractivity contribution is 1.24. The molecule has 6 aromatic carbocycles. The summed E-state index contributed by atoms with van der Waals surface area (Å²) in [6, 6.07) is 61.4. The largest absolute Gasteiger partial charge is 0.248 e. The zero-order valence-corrected chi connectivity index (χ0v) is 27.3. The van der Waals surface area contributed by atoms with Crippen molar-refractivity contribution in [3.63, 3.8) is 0 Å². The summed E-state index contributed by atoms with van der Waals surface area (Å²) in [4.78, 5) is 16.5. The van der Waals surface area contributed by atoms with E-state index < -0.39 is 0 Å². The van der Waals surface area contributed by atoms with Crippen LogP contribution in [0.3, 0.4) is 0 Å². The van der Waals surface area contributed by atoms with Gasteiger partial charge in [0.2, 0.25) is 0 Å². The van der Waals surface area contributed by atoms with E-state index in [0.29, 0.717) is 0 Å². The van der Waals surface area contributed by atoms with Crippen molar-refractivity contribution in [2.75, 3.05) is 0 Å². The highest BCUT2D eigenvalue weighted by atomic mass is 32.1. The minimum Gasteiger partial charge on any atom is -0.248 e. The van der Waals surface area contributed by atoms with Crippen LogP contribution in [-0.2, 0) is 0 Å². The van der Waals surface area contributed by atoms with Crippen LogP contribution in [0.25, 0.3) is 87.7 Å². The molecule has 230 valence electrons. The second kappa shape index (κ2) is 12.4. The highest BCUT2D eigenvalue weighted by Gasteiger charge is 2.17. The van der Waals surface area contributed by atoms with Crippen LogP contribution in [-0.4, -0.2) is 15.0 Å². The van der Waals surface area contributed by atoms with Gasteiger partial charge in [0.05, 0.1) is 17.1 Å². The molecule has 0 unspecified atom stereocenters. The van der Waals surface area contributed by atoms with Gasteiger partial charge < -0.3 is 0 Å². The fourth-order valence-electron chi connectivity index (χ4n) is 6.49. The lowest BCUT2D eigenvalue weighted by Crippen LogP contribution is -1.94. The molecule has 0 fully saturated rings. The Morgan fingerprint density at radius 1 is 0.347 bits per heavy atom. The average molecular weight is 644 g/mol. The quantitative estimate of drug-likeness (QED) is 0.181.